The van der Waals surface area contributed by atoms with Gasteiger partial charge in [0.25, 0.3) is 11.6 Å². The summed E-state index contributed by atoms with van der Waals surface area (Å²) in [6, 6.07) is 5.20. The molecule has 7 heteroatoms. The highest BCUT2D eigenvalue weighted by Crippen LogP contribution is 2.19. The van der Waals surface area contributed by atoms with Crippen LogP contribution < -0.4 is 5.63 Å². The SMILES string of the molecule is CN(C)C(=O)c1cc2ccc([N+](=O)[O-])cc2c(=O)o1. The van der Waals surface area contributed by atoms with E-state index in [1.807, 2.05) is 0 Å². The molecule has 1 aromatic heterocycles. The molecule has 0 saturated heterocycles. The van der Waals surface area contributed by atoms with E-state index in [-0.39, 0.29) is 16.8 Å². The number of nitro benzene ring substituents is 1. The van der Waals surface area contributed by atoms with E-state index in [9.17, 15) is 19.7 Å². The Bertz CT molecular complexity index is 732. The largest absolute Gasteiger partial charge is 0.417 e. The predicted molar refractivity (Wildman–Crippen MR) is 67.2 cm³/mol. The van der Waals surface area contributed by atoms with Crippen molar-refractivity contribution < 1.29 is 14.1 Å². The van der Waals surface area contributed by atoms with Gasteiger partial charge in [-0.15, -0.1) is 0 Å². The van der Waals surface area contributed by atoms with Crippen LogP contribution >= 0.6 is 0 Å². The van der Waals surface area contributed by atoms with E-state index in [1.54, 1.807) is 0 Å². The summed E-state index contributed by atoms with van der Waals surface area (Å²) < 4.78 is 4.88. The van der Waals surface area contributed by atoms with Crippen LogP contribution in [0.3, 0.4) is 0 Å². The zero-order valence-electron chi connectivity index (χ0n) is 10.2. The first-order valence-corrected chi connectivity index (χ1v) is 5.34. The quantitative estimate of drug-likeness (QED) is 0.602. The van der Waals surface area contributed by atoms with E-state index >= 15 is 0 Å². The number of non-ortho nitro benzene ring substituents is 1. The molecule has 0 radical (unpaired) electrons. The number of nitrogens with zero attached hydrogens (tertiary/aromatic N) is 2. The number of rotatable bonds is 2. The number of carbonyl (C=O) groups is 1. The topological polar surface area (TPSA) is 93.7 Å². The van der Waals surface area contributed by atoms with Gasteiger partial charge in [-0.2, -0.15) is 0 Å². The summed E-state index contributed by atoms with van der Waals surface area (Å²) in [4.78, 5) is 34.7. The van der Waals surface area contributed by atoms with Crippen molar-refractivity contribution in [2.45, 2.75) is 0 Å². The van der Waals surface area contributed by atoms with E-state index in [1.165, 1.54) is 37.2 Å². The highest BCUT2D eigenvalue weighted by atomic mass is 16.6. The average molecular weight is 262 g/mol. The normalized spacial score (nSPS) is 10.4. The summed E-state index contributed by atoms with van der Waals surface area (Å²) >= 11 is 0. The number of benzene rings is 1. The Hall–Kier alpha value is -2.70. The molecule has 98 valence electrons. The molecular formula is C12H10N2O5. The maximum Gasteiger partial charge on any atom is 0.344 e. The standard InChI is InChI=1S/C12H10N2O5/c1-13(2)11(15)10-5-7-3-4-8(14(17)18)6-9(7)12(16)19-10/h3-6H,1-2H3. The van der Waals surface area contributed by atoms with Crippen LogP contribution in [0.1, 0.15) is 10.6 Å². The third-order valence-corrected chi connectivity index (χ3v) is 2.57. The van der Waals surface area contributed by atoms with Crippen molar-refractivity contribution in [3.05, 3.63) is 50.6 Å². The minimum Gasteiger partial charge on any atom is -0.417 e. The van der Waals surface area contributed by atoms with Crippen molar-refractivity contribution in [3.63, 3.8) is 0 Å². The van der Waals surface area contributed by atoms with Crippen molar-refractivity contribution >= 4 is 22.4 Å². The number of nitro groups is 1. The Labute approximate surface area is 107 Å². The molecule has 0 fully saturated rings. The summed E-state index contributed by atoms with van der Waals surface area (Å²) in [7, 11) is 3.06. The van der Waals surface area contributed by atoms with Crippen molar-refractivity contribution in [2.24, 2.45) is 0 Å². The molecule has 2 rings (SSSR count). The van der Waals surface area contributed by atoms with Crippen LogP contribution in [0, 0.1) is 10.1 Å². The molecule has 0 spiro atoms. The zero-order valence-corrected chi connectivity index (χ0v) is 10.2. The first-order chi connectivity index (χ1) is 8.90. The molecule has 0 aliphatic carbocycles. The number of carbonyl (C=O) groups excluding carboxylic acids is 1. The molecule has 1 aromatic carbocycles. The van der Waals surface area contributed by atoms with Crippen LogP contribution in [-0.4, -0.2) is 29.8 Å². The van der Waals surface area contributed by atoms with Gasteiger partial charge in [0.15, 0.2) is 5.76 Å². The Morgan fingerprint density at radius 2 is 2.00 bits per heavy atom. The van der Waals surface area contributed by atoms with Gasteiger partial charge in [-0.1, -0.05) is 0 Å². The summed E-state index contributed by atoms with van der Waals surface area (Å²) in [5, 5.41) is 11.1. The molecule has 1 heterocycles. The third kappa shape index (κ3) is 2.30. The molecule has 0 bridgehead atoms. The lowest BCUT2D eigenvalue weighted by Gasteiger charge is -2.08. The first kappa shape index (κ1) is 12.7. The van der Waals surface area contributed by atoms with Crippen molar-refractivity contribution in [1.29, 1.82) is 0 Å². The highest BCUT2D eigenvalue weighted by Gasteiger charge is 2.15. The van der Waals surface area contributed by atoms with Gasteiger partial charge in [-0.25, -0.2) is 4.79 Å². The van der Waals surface area contributed by atoms with Gasteiger partial charge in [0.05, 0.1) is 10.3 Å². The Morgan fingerprint density at radius 3 is 2.58 bits per heavy atom. The van der Waals surface area contributed by atoms with Crippen molar-refractivity contribution in [2.75, 3.05) is 14.1 Å². The number of hydrogen-bond acceptors (Lipinski definition) is 5. The zero-order chi connectivity index (χ0) is 14.2. The van der Waals surface area contributed by atoms with E-state index in [0.29, 0.717) is 5.39 Å². The van der Waals surface area contributed by atoms with Crippen LogP contribution in [-0.2, 0) is 0 Å². The van der Waals surface area contributed by atoms with E-state index < -0.39 is 16.5 Å². The van der Waals surface area contributed by atoms with Crippen LogP contribution in [0.2, 0.25) is 0 Å². The van der Waals surface area contributed by atoms with Gasteiger partial charge < -0.3 is 9.32 Å². The van der Waals surface area contributed by atoms with Crippen LogP contribution in [0.5, 0.6) is 0 Å². The van der Waals surface area contributed by atoms with E-state index in [2.05, 4.69) is 0 Å². The monoisotopic (exact) mass is 262 g/mol. The lowest BCUT2D eigenvalue weighted by Crippen LogP contribution is -2.22. The maximum absolute atomic E-state index is 11.7. The first-order valence-electron chi connectivity index (χ1n) is 5.34. The molecule has 0 aliphatic rings. The second-order valence-corrected chi connectivity index (χ2v) is 4.13. The highest BCUT2D eigenvalue weighted by molar-refractivity contribution is 5.95. The van der Waals surface area contributed by atoms with Crippen LogP contribution in [0.4, 0.5) is 5.69 Å². The Balaban J connectivity index is 2.66. The molecule has 19 heavy (non-hydrogen) atoms. The maximum atomic E-state index is 11.7. The number of hydrogen-bond donors (Lipinski definition) is 0. The molecule has 0 unspecified atom stereocenters. The summed E-state index contributed by atoms with van der Waals surface area (Å²) in [6.07, 6.45) is 0. The number of amides is 1. The Kier molecular flexibility index (Phi) is 3.04. The minimum absolute atomic E-state index is 0.0736. The molecular weight excluding hydrogens is 252 g/mol. The van der Waals surface area contributed by atoms with Crippen molar-refractivity contribution in [1.82, 2.24) is 4.90 Å². The fourth-order valence-electron chi connectivity index (χ4n) is 1.61. The van der Waals surface area contributed by atoms with Gasteiger partial charge >= 0.3 is 5.63 Å². The van der Waals surface area contributed by atoms with E-state index in [0.717, 1.165) is 6.07 Å². The third-order valence-electron chi connectivity index (χ3n) is 2.57. The molecule has 0 atom stereocenters. The van der Waals surface area contributed by atoms with Crippen molar-refractivity contribution in [3.8, 4) is 0 Å². The second-order valence-electron chi connectivity index (χ2n) is 4.13. The number of fused-ring (bicyclic) bond motifs is 1. The molecule has 7 nitrogen and oxygen atoms in total. The lowest BCUT2D eigenvalue weighted by molar-refractivity contribution is -0.384. The molecule has 0 N–H and O–H groups in total. The molecule has 0 saturated carbocycles. The molecule has 0 aliphatic heterocycles. The summed E-state index contributed by atoms with van der Waals surface area (Å²) in [6.45, 7) is 0. The average Bonchev–Trinajstić information content (AvgIpc) is 2.37. The molecule has 2 aromatic rings. The van der Waals surface area contributed by atoms with Crippen LogP contribution in [0.25, 0.3) is 10.8 Å². The smallest absolute Gasteiger partial charge is 0.344 e. The fourth-order valence-corrected chi connectivity index (χ4v) is 1.61. The predicted octanol–water partition coefficient (Wildman–Crippen LogP) is 1.40. The Morgan fingerprint density at radius 1 is 1.32 bits per heavy atom. The summed E-state index contributed by atoms with van der Waals surface area (Å²) in [5.74, 6) is -0.547. The van der Waals surface area contributed by atoms with Gasteiger partial charge in [0.2, 0.25) is 0 Å². The fraction of sp³-hybridized carbons (Fsp3) is 0.167. The van der Waals surface area contributed by atoms with E-state index in [4.69, 9.17) is 4.42 Å². The summed E-state index contributed by atoms with van der Waals surface area (Å²) in [5.41, 5.74) is -0.974. The van der Waals surface area contributed by atoms with Gasteiger partial charge in [-0.05, 0) is 17.5 Å². The van der Waals surface area contributed by atoms with Gasteiger partial charge in [0.1, 0.15) is 0 Å². The second kappa shape index (κ2) is 4.52. The van der Waals surface area contributed by atoms with Gasteiger partial charge in [-0.3, -0.25) is 14.9 Å². The molecule has 1 amide bonds. The van der Waals surface area contributed by atoms with Gasteiger partial charge in [0, 0.05) is 26.2 Å². The minimum atomic E-state index is -0.772. The van der Waals surface area contributed by atoms with Crippen LogP contribution in [0.15, 0.2) is 33.5 Å². The lowest BCUT2D eigenvalue weighted by atomic mass is 10.1.